The van der Waals surface area contributed by atoms with Crippen LogP contribution in [0.2, 0.25) is 0 Å². The molecule has 0 saturated heterocycles. The summed E-state index contributed by atoms with van der Waals surface area (Å²) < 4.78 is 5.32. The molecule has 0 saturated carbocycles. The standard InChI is InChI=1S/C9H13NO/c1-7-5-3-4-6-9(7)11-8(2)10/h3-6,8H,10H2,1-2H3. The Hall–Kier alpha value is -1.02. The molecule has 2 nitrogen and oxygen atoms in total. The lowest BCUT2D eigenvalue weighted by atomic mass is 10.2. The van der Waals surface area contributed by atoms with Crippen LogP contribution in [0.5, 0.6) is 5.75 Å². The first-order valence-electron chi connectivity index (χ1n) is 3.68. The predicted octanol–water partition coefficient (Wildman–Crippen LogP) is 1.68. The average molecular weight is 151 g/mol. The molecule has 60 valence electrons. The van der Waals surface area contributed by atoms with Gasteiger partial charge in [0, 0.05) is 0 Å². The molecule has 0 aliphatic rings. The van der Waals surface area contributed by atoms with Crippen LogP contribution in [0.3, 0.4) is 0 Å². The maximum atomic E-state index is 5.47. The van der Waals surface area contributed by atoms with E-state index in [0.717, 1.165) is 11.3 Å². The number of para-hydroxylation sites is 1. The molecule has 2 N–H and O–H groups in total. The Balaban J connectivity index is 2.78. The molecular formula is C9H13NO. The Labute approximate surface area is 67.0 Å². The summed E-state index contributed by atoms with van der Waals surface area (Å²) in [6, 6.07) is 7.82. The van der Waals surface area contributed by atoms with Gasteiger partial charge >= 0.3 is 0 Å². The monoisotopic (exact) mass is 151 g/mol. The molecule has 0 aliphatic carbocycles. The van der Waals surface area contributed by atoms with E-state index in [1.54, 1.807) is 0 Å². The molecular weight excluding hydrogens is 138 g/mol. The fraction of sp³-hybridized carbons (Fsp3) is 0.333. The number of hydrogen-bond donors (Lipinski definition) is 1. The molecule has 0 aromatic heterocycles. The van der Waals surface area contributed by atoms with Crippen molar-refractivity contribution >= 4 is 0 Å². The zero-order chi connectivity index (χ0) is 8.27. The summed E-state index contributed by atoms with van der Waals surface area (Å²) in [6.45, 7) is 3.81. The molecule has 1 unspecified atom stereocenters. The van der Waals surface area contributed by atoms with Gasteiger partial charge in [0.15, 0.2) is 0 Å². The topological polar surface area (TPSA) is 35.2 Å². The lowest BCUT2D eigenvalue weighted by Crippen LogP contribution is -2.22. The van der Waals surface area contributed by atoms with Crippen LogP contribution in [0, 0.1) is 6.92 Å². The normalized spacial score (nSPS) is 12.6. The molecule has 1 atom stereocenters. The molecule has 1 aromatic carbocycles. The van der Waals surface area contributed by atoms with E-state index >= 15 is 0 Å². The predicted molar refractivity (Wildman–Crippen MR) is 45.5 cm³/mol. The Kier molecular flexibility index (Phi) is 2.49. The quantitative estimate of drug-likeness (QED) is 0.653. The molecule has 0 heterocycles. The molecule has 2 heteroatoms. The van der Waals surface area contributed by atoms with Crippen molar-refractivity contribution in [3.8, 4) is 5.75 Å². The Morgan fingerprint density at radius 1 is 1.36 bits per heavy atom. The highest BCUT2D eigenvalue weighted by atomic mass is 16.5. The summed E-state index contributed by atoms with van der Waals surface area (Å²) in [5.41, 5.74) is 6.59. The third-order valence-corrected chi connectivity index (χ3v) is 1.41. The minimum atomic E-state index is -0.240. The largest absolute Gasteiger partial charge is 0.476 e. The van der Waals surface area contributed by atoms with Crippen LogP contribution in [0.15, 0.2) is 24.3 Å². The number of rotatable bonds is 2. The van der Waals surface area contributed by atoms with Crippen molar-refractivity contribution in [2.45, 2.75) is 20.1 Å². The van der Waals surface area contributed by atoms with Crippen molar-refractivity contribution in [2.24, 2.45) is 5.73 Å². The number of aryl methyl sites for hydroxylation is 1. The van der Waals surface area contributed by atoms with E-state index in [2.05, 4.69) is 0 Å². The van der Waals surface area contributed by atoms with E-state index < -0.39 is 0 Å². The summed E-state index contributed by atoms with van der Waals surface area (Å²) in [7, 11) is 0. The van der Waals surface area contributed by atoms with Gasteiger partial charge in [0.2, 0.25) is 0 Å². The van der Waals surface area contributed by atoms with Gasteiger partial charge in [-0.3, -0.25) is 5.73 Å². The third-order valence-electron chi connectivity index (χ3n) is 1.41. The van der Waals surface area contributed by atoms with Gasteiger partial charge in [0.05, 0.1) is 0 Å². The summed E-state index contributed by atoms with van der Waals surface area (Å²) >= 11 is 0. The third kappa shape index (κ3) is 2.24. The van der Waals surface area contributed by atoms with Crippen molar-refractivity contribution in [2.75, 3.05) is 0 Å². The van der Waals surface area contributed by atoms with Gasteiger partial charge in [0.25, 0.3) is 0 Å². The van der Waals surface area contributed by atoms with Crippen molar-refractivity contribution in [3.63, 3.8) is 0 Å². The van der Waals surface area contributed by atoms with Crippen LogP contribution >= 0.6 is 0 Å². The van der Waals surface area contributed by atoms with Gasteiger partial charge in [-0.2, -0.15) is 0 Å². The summed E-state index contributed by atoms with van der Waals surface area (Å²) in [6.07, 6.45) is -0.240. The van der Waals surface area contributed by atoms with E-state index in [9.17, 15) is 0 Å². The number of benzene rings is 1. The molecule has 1 aromatic rings. The van der Waals surface area contributed by atoms with Gasteiger partial charge < -0.3 is 4.74 Å². The maximum Gasteiger partial charge on any atom is 0.144 e. The second-order valence-corrected chi connectivity index (χ2v) is 2.59. The van der Waals surface area contributed by atoms with E-state index in [1.165, 1.54) is 0 Å². The SMILES string of the molecule is Cc1ccccc1OC(C)N. The first-order chi connectivity index (χ1) is 5.20. The lowest BCUT2D eigenvalue weighted by Gasteiger charge is -2.11. The molecule has 11 heavy (non-hydrogen) atoms. The number of ether oxygens (including phenoxy) is 1. The summed E-state index contributed by atoms with van der Waals surface area (Å²) in [5.74, 6) is 0.863. The first kappa shape index (κ1) is 8.08. The van der Waals surface area contributed by atoms with Gasteiger partial charge in [-0.15, -0.1) is 0 Å². The van der Waals surface area contributed by atoms with Crippen molar-refractivity contribution in [1.29, 1.82) is 0 Å². The Morgan fingerprint density at radius 3 is 2.55 bits per heavy atom. The zero-order valence-electron chi connectivity index (χ0n) is 6.87. The van der Waals surface area contributed by atoms with E-state index in [1.807, 2.05) is 38.1 Å². The summed E-state index contributed by atoms with van der Waals surface area (Å²) in [4.78, 5) is 0. The van der Waals surface area contributed by atoms with Gasteiger partial charge in [-0.1, -0.05) is 18.2 Å². The molecule has 0 spiro atoms. The molecule has 0 radical (unpaired) electrons. The van der Waals surface area contributed by atoms with E-state index in [-0.39, 0.29) is 6.23 Å². The van der Waals surface area contributed by atoms with Crippen molar-refractivity contribution in [3.05, 3.63) is 29.8 Å². The van der Waals surface area contributed by atoms with Crippen LogP contribution in [0.1, 0.15) is 12.5 Å². The number of nitrogens with two attached hydrogens (primary N) is 1. The molecule has 0 bridgehead atoms. The highest BCUT2D eigenvalue weighted by Crippen LogP contribution is 2.16. The van der Waals surface area contributed by atoms with Crippen LogP contribution in [-0.2, 0) is 0 Å². The second-order valence-electron chi connectivity index (χ2n) is 2.59. The smallest absolute Gasteiger partial charge is 0.144 e. The highest BCUT2D eigenvalue weighted by molar-refractivity contribution is 5.31. The highest BCUT2D eigenvalue weighted by Gasteiger charge is 1.98. The fourth-order valence-corrected chi connectivity index (χ4v) is 0.889. The van der Waals surface area contributed by atoms with Crippen LogP contribution in [0.25, 0.3) is 0 Å². The molecule has 1 rings (SSSR count). The molecule has 0 fully saturated rings. The van der Waals surface area contributed by atoms with Crippen LogP contribution in [-0.4, -0.2) is 6.23 Å². The Morgan fingerprint density at radius 2 is 2.00 bits per heavy atom. The van der Waals surface area contributed by atoms with Gasteiger partial charge in [-0.05, 0) is 25.5 Å². The minimum absolute atomic E-state index is 0.240. The van der Waals surface area contributed by atoms with E-state index in [4.69, 9.17) is 10.5 Å². The van der Waals surface area contributed by atoms with Crippen LogP contribution in [0.4, 0.5) is 0 Å². The van der Waals surface area contributed by atoms with Crippen LogP contribution < -0.4 is 10.5 Å². The molecule has 0 aliphatic heterocycles. The maximum absolute atomic E-state index is 5.47. The average Bonchev–Trinajstić information content (AvgIpc) is 1.93. The van der Waals surface area contributed by atoms with Gasteiger partial charge in [-0.25, -0.2) is 0 Å². The number of hydrogen-bond acceptors (Lipinski definition) is 2. The Bertz CT molecular complexity index is 233. The minimum Gasteiger partial charge on any atom is -0.476 e. The van der Waals surface area contributed by atoms with Crippen molar-refractivity contribution in [1.82, 2.24) is 0 Å². The van der Waals surface area contributed by atoms with Crippen molar-refractivity contribution < 1.29 is 4.74 Å². The zero-order valence-corrected chi connectivity index (χ0v) is 6.87. The summed E-state index contributed by atoms with van der Waals surface area (Å²) in [5, 5.41) is 0. The lowest BCUT2D eigenvalue weighted by molar-refractivity contribution is 0.228. The van der Waals surface area contributed by atoms with E-state index in [0.29, 0.717) is 0 Å². The fourth-order valence-electron chi connectivity index (χ4n) is 0.889. The second kappa shape index (κ2) is 3.39. The first-order valence-corrected chi connectivity index (χ1v) is 3.68. The van der Waals surface area contributed by atoms with Gasteiger partial charge in [0.1, 0.15) is 12.0 Å². The molecule has 0 amide bonds.